The smallest absolute Gasteiger partial charge is 0.272 e. The number of ether oxygens (including phenoxy) is 1. The predicted molar refractivity (Wildman–Crippen MR) is 64.3 cm³/mol. The second kappa shape index (κ2) is 5.45. The van der Waals surface area contributed by atoms with Gasteiger partial charge in [-0.3, -0.25) is 9.69 Å². The number of hydrogen-bond acceptors (Lipinski definition) is 6. The summed E-state index contributed by atoms with van der Waals surface area (Å²) in [5.74, 6) is 0.748. The zero-order chi connectivity index (χ0) is 13.1. The number of rotatable bonds is 3. The SMILES string of the molecule is CCc1nc(N2CCOC(C)C(NC)C2=O)no1. The van der Waals surface area contributed by atoms with Crippen LogP contribution in [0.15, 0.2) is 4.52 Å². The maximum absolute atomic E-state index is 12.3. The van der Waals surface area contributed by atoms with Gasteiger partial charge in [0.2, 0.25) is 11.8 Å². The highest BCUT2D eigenvalue weighted by Gasteiger charge is 2.34. The maximum atomic E-state index is 12.3. The quantitative estimate of drug-likeness (QED) is 0.816. The standard InChI is InChI=1S/C11H18N4O3/c1-4-8-13-11(14-18-8)15-5-6-17-7(2)9(12-3)10(15)16/h7,9,12H,4-6H2,1-3H3. The van der Waals surface area contributed by atoms with E-state index in [1.807, 2.05) is 13.8 Å². The van der Waals surface area contributed by atoms with E-state index in [1.54, 1.807) is 7.05 Å². The third-order valence-corrected chi connectivity index (χ3v) is 3.01. The molecule has 2 unspecified atom stereocenters. The Labute approximate surface area is 105 Å². The van der Waals surface area contributed by atoms with E-state index in [4.69, 9.17) is 9.26 Å². The molecule has 100 valence electrons. The van der Waals surface area contributed by atoms with E-state index < -0.39 is 6.04 Å². The summed E-state index contributed by atoms with van der Waals surface area (Å²) in [5, 5.41) is 6.79. The van der Waals surface area contributed by atoms with Crippen molar-refractivity contribution in [3.05, 3.63) is 5.89 Å². The molecule has 1 aliphatic heterocycles. The lowest BCUT2D eigenvalue weighted by Gasteiger charge is -2.22. The molecular formula is C11H18N4O3. The third-order valence-electron chi connectivity index (χ3n) is 3.01. The van der Waals surface area contributed by atoms with Gasteiger partial charge in [0.05, 0.1) is 19.3 Å². The van der Waals surface area contributed by atoms with Crippen LogP contribution in [0.5, 0.6) is 0 Å². The van der Waals surface area contributed by atoms with E-state index in [0.717, 1.165) is 0 Å². The molecule has 0 spiro atoms. The first-order valence-corrected chi connectivity index (χ1v) is 6.10. The number of aryl methyl sites for hydroxylation is 1. The number of aromatic nitrogens is 2. The van der Waals surface area contributed by atoms with Crippen LogP contribution in [0.4, 0.5) is 5.95 Å². The fourth-order valence-corrected chi connectivity index (χ4v) is 1.96. The van der Waals surface area contributed by atoms with Crippen LogP contribution in [0.2, 0.25) is 0 Å². The highest BCUT2D eigenvalue weighted by atomic mass is 16.5. The monoisotopic (exact) mass is 254 g/mol. The first kappa shape index (κ1) is 13.0. The van der Waals surface area contributed by atoms with Gasteiger partial charge in [-0.15, -0.1) is 0 Å². The predicted octanol–water partition coefficient (Wildman–Crippen LogP) is -0.0283. The van der Waals surface area contributed by atoms with Crippen LogP contribution < -0.4 is 10.2 Å². The van der Waals surface area contributed by atoms with Crippen LogP contribution in [0.3, 0.4) is 0 Å². The molecule has 0 radical (unpaired) electrons. The fraction of sp³-hybridized carbons (Fsp3) is 0.727. The zero-order valence-corrected chi connectivity index (χ0v) is 10.8. The Kier molecular flexibility index (Phi) is 3.93. The summed E-state index contributed by atoms with van der Waals surface area (Å²) in [4.78, 5) is 18.0. The Morgan fingerprint density at radius 3 is 2.94 bits per heavy atom. The first-order chi connectivity index (χ1) is 8.67. The highest BCUT2D eigenvalue weighted by Crippen LogP contribution is 2.16. The lowest BCUT2D eigenvalue weighted by Crippen LogP contribution is -2.49. The number of amides is 1. The topological polar surface area (TPSA) is 80.5 Å². The average Bonchev–Trinajstić information content (AvgIpc) is 2.78. The Hall–Kier alpha value is -1.47. The minimum absolute atomic E-state index is 0.0917. The van der Waals surface area contributed by atoms with Gasteiger partial charge < -0.3 is 14.6 Å². The van der Waals surface area contributed by atoms with E-state index in [0.29, 0.717) is 31.4 Å². The molecule has 2 heterocycles. The minimum Gasteiger partial charge on any atom is -0.374 e. The molecule has 1 aromatic heterocycles. The molecule has 1 N–H and O–H groups in total. The normalized spacial score (nSPS) is 25.3. The molecule has 2 atom stereocenters. The number of carbonyl (C=O) groups excluding carboxylic acids is 1. The van der Waals surface area contributed by atoms with Gasteiger partial charge in [0, 0.05) is 6.42 Å². The molecule has 0 saturated carbocycles. The summed E-state index contributed by atoms with van der Waals surface area (Å²) in [6.45, 7) is 4.69. The summed E-state index contributed by atoms with van der Waals surface area (Å²) in [6.07, 6.45) is 0.474. The Morgan fingerprint density at radius 2 is 2.33 bits per heavy atom. The number of anilines is 1. The molecule has 1 aromatic rings. The zero-order valence-electron chi connectivity index (χ0n) is 10.8. The molecule has 0 bridgehead atoms. The Bertz CT molecular complexity index is 420. The summed E-state index contributed by atoms with van der Waals surface area (Å²) < 4.78 is 10.6. The van der Waals surface area contributed by atoms with Crippen molar-refractivity contribution < 1.29 is 14.1 Å². The van der Waals surface area contributed by atoms with Crippen LogP contribution in [0.1, 0.15) is 19.7 Å². The van der Waals surface area contributed by atoms with Crippen molar-refractivity contribution in [3.63, 3.8) is 0 Å². The van der Waals surface area contributed by atoms with E-state index in [9.17, 15) is 4.79 Å². The van der Waals surface area contributed by atoms with Gasteiger partial charge >= 0.3 is 0 Å². The van der Waals surface area contributed by atoms with Gasteiger partial charge in [-0.1, -0.05) is 6.92 Å². The summed E-state index contributed by atoms with van der Waals surface area (Å²) >= 11 is 0. The van der Waals surface area contributed by atoms with Crippen molar-refractivity contribution in [1.29, 1.82) is 0 Å². The molecule has 18 heavy (non-hydrogen) atoms. The molecular weight excluding hydrogens is 236 g/mol. The van der Waals surface area contributed by atoms with Crippen molar-refractivity contribution in [1.82, 2.24) is 15.5 Å². The average molecular weight is 254 g/mol. The number of nitrogens with zero attached hydrogens (tertiary/aromatic N) is 3. The largest absolute Gasteiger partial charge is 0.374 e. The summed E-state index contributed by atoms with van der Waals surface area (Å²) in [5.41, 5.74) is 0. The van der Waals surface area contributed by atoms with Crippen molar-refractivity contribution in [2.24, 2.45) is 0 Å². The number of carbonyl (C=O) groups is 1. The maximum Gasteiger partial charge on any atom is 0.272 e. The molecule has 2 rings (SSSR count). The van der Waals surface area contributed by atoms with Crippen LogP contribution in [-0.2, 0) is 16.0 Å². The van der Waals surface area contributed by atoms with Crippen LogP contribution in [-0.4, -0.2) is 48.4 Å². The van der Waals surface area contributed by atoms with E-state index in [2.05, 4.69) is 15.5 Å². The van der Waals surface area contributed by atoms with Gasteiger partial charge in [0.25, 0.3) is 5.95 Å². The van der Waals surface area contributed by atoms with Gasteiger partial charge in [-0.25, -0.2) is 0 Å². The lowest BCUT2D eigenvalue weighted by molar-refractivity contribution is -0.122. The fourth-order valence-electron chi connectivity index (χ4n) is 1.96. The van der Waals surface area contributed by atoms with Crippen molar-refractivity contribution in [3.8, 4) is 0 Å². The summed E-state index contributed by atoms with van der Waals surface area (Å²) in [6, 6.07) is -0.393. The van der Waals surface area contributed by atoms with Gasteiger partial charge in [-0.05, 0) is 19.1 Å². The second-order valence-corrected chi connectivity index (χ2v) is 4.17. The molecule has 1 saturated heterocycles. The van der Waals surface area contributed by atoms with Crippen LogP contribution in [0, 0.1) is 0 Å². The van der Waals surface area contributed by atoms with Crippen molar-refractivity contribution in [2.45, 2.75) is 32.4 Å². The Balaban J connectivity index is 2.23. The second-order valence-electron chi connectivity index (χ2n) is 4.17. The first-order valence-electron chi connectivity index (χ1n) is 6.10. The molecule has 7 heteroatoms. The van der Waals surface area contributed by atoms with Crippen molar-refractivity contribution >= 4 is 11.9 Å². The summed E-state index contributed by atoms with van der Waals surface area (Å²) in [7, 11) is 1.74. The van der Waals surface area contributed by atoms with Crippen molar-refractivity contribution in [2.75, 3.05) is 25.1 Å². The lowest BCUT2D eigenvalue weighted by atomic mass is 10.1. The molecule has 1 aliphatic rings. The van der Waals surface area contributed by atoms with Gasteiger partial charge in [-0.2, -0.15) is 4.98 Å². The van der Waals surface area contributed by atoms with E-state index in [-0.39, 0.29) is 12.0 Å². The number of nitrogens with one attached hydrogen (secondary N) is 1. The Morgan fingerprint density at radius 1 is 1.56 bits per heavy atom. The third kappa shape index (κ3) is 2.37. The van der Waals surface area contributed by atoms with Crippen LogP contribution >= 0.6 is 0 Å². The van der Waals surface area contributed by atoms with Gasteiger partial charge in [0.15, 0.2) is 0 Å². The molecule has 7 nitrogen and oxygen atoms in total. The molecule has 0 aromatic carbocycles. The van der Waals surface area contributed by atoms with Crippen LogP contribution in [0.25, 0.3) is 0 Å². The van der Waals surface area contributed by atoms with Gasteiger partial charge in [0.1, 0.15) is 6.04 Å². The molecule has 0 aliphatic carbocycles. The number of likely N-dealkylation sites (N-methyl/N-ethyl adjacent to an activating group) is 1. The molecule has 1 fully saturated rings. The molecule has 1 amide bonds. The van der Waals surface area contributed by atoms with E-state index in [1.165, 1.54) is 4.90 Å². The minimum atomic E-state index is -0.393. The highest BCUT2D eigenvalue weighted by molar-refractivity contribution is 5.96. The van der Waals surface area contributed by atoms with E-state index >= 15 is 0 Å². The number of hydrogen-bond donors (Lipinski definition) is 1.